The molecule has 6 heteroatoms. The Hall–Kier alpha value is -1.30. The summed E-state index contributed by atoms with van der Waals surface area (Å²) in [6.07, 6.45) is 2.54. The van der Waals surface area contributed by atoms with Gasteiger partial charge < -0.3 is 5.32 Å². The van der Waals surface area contributed by atoms with Crippen molar-refractivity contribution in [3.8, 4) is 0 Å². The summed E-state index contributed by atoms with van der Waals surface area (Å²) < 4.78 is 1.68. The molecule has 1 atom stereocenters. The van der Waals surface area contributed by atoms with E-state index < -0.39 is 0 Å². The van der Waals surface area contributed by atoms with Crippen LogP contribution >= 0.6 is 11.8 Å². The van der Waals surface area contributed by atoms with Crippen molar-refractivity contribution in [3.63, 3.8) is 0 Å². The van der Waals surface area contributed by atoms with E-state index in [4.69, 9.17) is 0 Å². The lowest BCUT2D eigenvalue weighted by atomic mass is 10.1. The molecule has 20 heavy (non-hydrogen) atoms. The third kappa shape index (κ3) is 2.75. The smallest absolute Gasteiger partial charge is 0.254 e. The lowest BCUT2D eigenvalue weighted by Crippen LogP contribution is -2.31. The second-order valence-corrected chi connectivity index (χ2v) is 6.82. The van der Waals surface area contributed by atoms with E-state index in [1.54, 1.807) is 22.4 Å². The van der Waals surface area contributed by atoms with Crippen molar-refractivity contribution in [2.45, 2.75) is 56.3 Å². The van der Waals surface area contributed by atoms with Crippen molar-refractivity contribution in [3.05, 3.63) is 22.1 Å². The van der Waals surface area contributed by atoms with Crippen molar-refractivity contribution >= 4 is 17.7 Å². The predicted molar refractivity (Wildman–Crippen MR) is 78.1 cm³/mol. The Morgan fingerprint density at radius 3 is 2.95 bits per heavy atom. The van der Waals surface area contributed by atoms with Crippen molar-refractivity contribution in [1.29, 1.82) is 0 Å². The largest absolute Gasteiger partial charge is 0.353 e. The van der Waals surface area contributed by atoms with Gasteiger partial charge in [-0.05, 0) is 18.8 Å². The van der Waals surface area contributed by atoms with Gasteiger partial charge in [-0.1, -0.05) is 25.6 Å². The van der Waals surface area contributed by atoms with Gasteiger partial charge in [-0.25, -0.2) is 4.98 Å². The molecule has 108 valence electrons. The minimum Gasteiger partial charge on any atom is -0.353 e. The van der Waals surface area contributed by atoms with Gasteiger partial charge in [-0.3, -0.25) is 14.2 Å². The highest BCUT2D eigenvalue weighted by atomic mass is 32.2. The quantitative estimate of drug-likeness (QED) is 0.858. The van der Waals surface area contributed by atoms with E-state index in [1.807, 2.05) is 13.8 Å². The lowest BCUT2D eigenvalue weighted by Gasteiger charge is -2.14. The molecule has 3 rings (SSSR count). The molecule has 1 aliphatic heterocycles. The number of hydrogen-bond donors (Lipinski definition) is 1. The molecule has 1 amide bonds. The van der Waals surface area contributed by atoms with Crippen molar-refractivity contribution in [2.75, 3.05) is 5.75 Å². The SMILES string of the molecule is CC(C)c1cc(=O)n2c(n1)SCC2CC(=O)NC1CC1. The van der Waals surface area contributed by atoms with E-state index in [0.717, 1.165) is 29.4 Å². The average Bonchev–Trinajstić information content (AvgIpc) is 3.09. The van der Waals surface area contributed by atoms with Crippen LogP contribution < -0.4 is 10.9 Å². The van der Waals surface area contributed by atoms with E-state index in [1.165, 1.54) is 0 Å². The third-order valence-electron chi connectivity index (χ3n) is 3.66. The van der Waals surface area contributed by atoms with Crippen LogP contribution in [-0.4, -0.2) is 27.3 Å². The molecule has 0 aromatic carbocycles. The van der Waals surface area contributed by atoms with Gasteiger partial charge in [0, 0.05) is 24.3 Å². The van der Waals surface area contributed by atoms with Crippen LogP contribution in [0.4, 0.5) is 0 Å². The van der Waals surface area contributed by atoms with Crippen LogP contribution in [0, 0.1) is 0 Å². The molecule has 1 N–H and O–H groups in total. The summed E-state index contributed by atoms with van der Waals surface area (Å²) >= 11 is 1.57. The zero-order valence-electron chi connectivity index (χ0n) is 11.8. The molecule has 1 fully saturated rings. The first-order chi connectivity index (χ1) is 9.54. The van der Waals surface area contributed by atoms with Crippen LogP contribution in [0.3, 0.4) is 0 Å². The number of carbonyl (C=O) groups is 1. The zero-order chi connectivity index (χ0) is 14.3. The summed E-state index contributed by atoms with van der Waals surface area (Å²) in [5.41, 5.74) is 0.796. The standard InChI is InChI=1S/C14H19N3O2S/c1-8(2)11-6-13(19)17-10(7-20-14(17)16-11)5-12(18)15-9-3-4-9/h6,8-10H,3-5,7H2,1-2H3,(H,15,18). The molecule has 5 nitrogen and oxygen atoms in total. The Labute approximate surface area is 122 Å². The molecular weight excluding hydrogens is 274 g/mol. The second kappa shape index (κ2) is 5.24. The summed E-state index contributed by atoms with van der Waals surface area (Å²) in [7, 11) is 0. The number of nitrogens with zero attached hydrogens (tertiary/aromatic N) is 2. The van der Waals surface area contributed by atoms with E-state index in [2.05, 4.69) is 10.3 Å². The number of nitrogens with one attached hydrogen (secondary N) is 1. The number of carbonyl (C=O) groups excluding carboxylic acids is 1. The maximum atomic E-state index is 12.2. The molecule has 1 unspecified atom stereocenters. The number of hydrogen-bond acceptors (Lipinski definition) is 4. The van der Waals surface area contributed by atoms with Crippen molar-refractivity contribution in [2.24, 2.45) is 0 Å². The van der Waals surface area contributed by atoms with Crippen LogP contribution in [-0.2, 0) is 4.79 Å². The minimum atomic E-state index is -0.0602. The van der Waals surface area contributed by atoms with Crippen LogP contribution in [0.25, 0.3) is 0 Å². The summed E-state index contributed by atoms with van der Waals surface area (Å²) in [5.74, 6) is 1.04. The van der Waals surface area contributed by atoms with Gasteiger partial charge in [0.05, 0.1) is 11.7 Å². The topological polar surface area (TPSA) is 64.0 Å². The molecule has 2 heterocycles. The van der Waals surface area contributed by atoms with Crippen molar-refractivity contribution < 1.29 is 4.79 Å². The molecule has 2 aliphatic rings. The molecule has 0 spiro atoms. The minimum absolute atomic E-state index is 0.0343. The number of thioether (sulfide) groups is 1. The van der Waals surface area contributed by atoms with Gasteiger partial charge in [0.15, 0.2) is 5.16 Å². The third-order valence-corrected chi connectivity index (χ3v) is 4.76. The number of rotatable bonds is 4. The Morgan fingerprint density at radius 2 is 2.30 bits per heavy atom. The fourth-order valence-electron chi connectivity index (χ4n) is 2.34. The Balaban J connectivity index is 1.78. The Kier molecular flexibility index (Phi) is 3.58. The van der Waals surface area contributed by atoms with Gasteiger partial charge in [0.2, 0.25) is 5.91 Å². The zero-order valence-corrected chi connectivity index (χ0v) is 12.6. The monoisotopic (exact) mass is 293 g/mol. The fraction of sp³-hybridized carbons (Fsp3) is 0.643. The lowest BCUT2D eigenvalue weighted by molar-refractivity contribution is -0.121. The van der Waals surface area contributed by atoms with Gasteiger partial charge in [-0.15, -0.1) is 0 Å². The number of fused-ring (bicyclic) bond motifs is 1. The first kappa shape index (κ1) is 13.7. The van der Waals surface area contributed by atoms with Gasteiger partial charge in [0.1, 0.15) is 0 Å². The van der Waals surface area contributed by atoms with Gasteiger partial charge in [0.25, 0.3) is 5.56 Å². The average molecular weight is 293 g/mol. The predicted octanol–water partition coefficient (Wildman–Crippen LogP) is 1.68. The Bertz CT molecular complexity index is 593. The maximum Gasteiger partial charge on any atom is 0.254 e. The second-order valence-electron chi connectivity index (χ2n) is 5.84. The highest BCUT2D eigenvalue weighted by molar-refractivity contribution is 7.99. The van der Waals surface area contributed by atoms with Gasteiger partial charge in [-0.2, -0.15) is 0 Å². The fourth-order valence-corrected chi connectivity index (χ4v) is 3.50. The van der Waals surface area contributed by atoms with E-state index in [9.17, 15) is 9.59 Å². The highest BCUT2D eigenvalue weighted by Gasteiger charge is 2.30. The molecule has 0 saturated heterocycles. The maximum absolute atomic E-state index is 12.2. The van der Waals surface area contributed by atoms with E-state index in [0.29, 0.717) is 12.5 Å². The van der Waals surface area contributed by atoms with Gasteiger partial charge >= 0.3 is 0 Å². The van der Waals surface area contributed by atoms with Crippen molar-refractivity contribution in [1.82, 2.24) is 14.9 Å². The number of amides is 1. The Morgan fingerprint density at radius 1 is 1.55 bits per heavy atom. The van der Waals surface area contributed by atoms with Crippen LogP contribution in [0.15, 0.2) is 16.0 Å². The molecular formula is C14H19N3O2S. The molecule has 0 bridgehead atoms. The normalized spacial score (nSPS) is 21.1. The number of aromatic nitrogens is 2. The molecule has 1 saturated carbocycles. The molecule has 1 aliphatic carbocycles. The summed E-state index contributed by atoms with van der Waals surface area (Å²) in [6, 6.07) is 1.91. The van der Waals surface area contributed by atoms with Crippen LogP contribution in [0.2, 0.25) is 0 Å². The summed E-state index contributed by atoms with van der Waals surface area (Å²) in [5, 5.41) is 3.73. The summed E-state index contributed by atoms with van der Waals surface area (Å²) in [6.45, 7) is 4.05. The molecule has 0 radical (unpaired) electrons. The van der Waals surface area contributed by atoms with Crippen LogP contribution in [0.1, 0.15) is 50.8 Å². The highest BCUT2D eigenvalue weighted by Crippen LogP contribution is 2.33. The van der Waals surface area contributed by atoms with E-state index in [-0.39, 0.29) is 23.4 Å². The first-order valence-electron chi connectivity index (χ1n) is 7.10. The molecule has 1 aromatic heterocycles. The van der Waals surface area contributed by atoms with E-state index >= 15 is 0 Å². The van der Waals surface area contributed by atoms with Crippen LogP contribution in [0.5, 0.6) is 0 Å². The first-order valence-corrected chi connectivity index (χ1v) is 8.09. The summed E-state index contributed by atoms with van der Waals surface area (Å²) in [4.78, 5) is 28.7. The molecule has 1 aromatic rings.